The topological polar surface area (TPSA) is 38.7 Å². The molecule has 0 saturated heterocycles. The van der Waals surface area contributed by atoms with Crippen molar-refractivity contribution in [2.75, 3.05) is 13.7 Å². The van der Waals surface area contributed by atoms with E-state index in [1.807, 2.05) is 6.92 Å². The molecule has 0 bridgehead atoms. The van der Waals surface area contributed by atoms with E-state index in [2.05, 4.69) is 19.7 Å². The van der Waals surface area contributed by atoms with E-state index in [0.717, 1.165) is 0 Å². The Balaban J connectivity index is 0.00000137. The van der Waals surface area contributed by atoms with Crippen molar-refractivity contribution in [3.8, 4) is 16.9 Å². The predicted octanol–water partition coefficient (Wildman–Crippen LogP) is 8.14. The number of hydrogen-bond donors (Lipinski definition) is 1. The molecule has 0 aromatic heterocycles. The van der Waals surface area contributed by atoms with Gasteiger partial charge in [-0.1, -0.05) is 43.5 Å². The molecule has 2 aromatic carbocycles. The molecule has 1 N–H and O–H groups in total. The standard InChI is InChI=1S/C26H27F3O3.C3H6/c1-16(14-24(27)17(2)31-3)15-32-21-10-6-19(7-11-21)23-13-12-22(25(28)26(23)29)18-4-8-20(30)9-5-18;1-3-2/h4-5,8-9,12-14,19,21,30H,1-2,6-7,10-11,15H2,3H3;3H,1H2,2H3/b24-14+;. The maximum Gasteiger partial charge on any atom is 0.166 e. The lowest BCUT2D eigenvalue weighted by atomic mass is 9.82. The highest BCUT2D eigenvalue weighted by molar-refractivity contribution is 5.65. The fourth-order valence-electron chi connectivity index (χ4n) is 3.91. The number of rotatable bonds is 8. The summed E-state index contributed by atoms with van der Waals surface area (Å²) in [6, 6.07) is 9.21. The van der Waals surface area contributed by atoms with Crippen LogP contribution in [0.15, 0.2) is 85.4 Å². The second-order valence-electron chi connectivity index (χ2n) is 8.35. The summed E-state index contributed by atoms with van der Waals surface area (Å²) < 4.78 is 53.9. The van der Waals surface area contributed by atoms with Gasteiger partial charge >= 0.3 is 0 Å². The van der Waals surface area contributed by atoms with Crippen LogP contribution in [0.3, 0.4) is 0 Å². The summed E-state index contributed by atoms with van der Waals surface area (Å²) in [5, 5.41) is 9.39. The molecule has 1 fully saturated rings. The Morgan fingerprint density at radius 2 is 1.63 bits per heavy atom. The first-order chi connectivity index (χ1) is 16.7. The van der Waals surface area contributed by atoms with Crippen LogP contribution in [-0.4, -0.2) is 24.9 Å². The summed E-state index contributed by atoms with van der Waals surface area (Å²) in [5.41, 5.74) is 1.50. The van der Waals surface area contributed by atoms with Gasteiger partial charge in [-0.25, -0.2) is 13.2 Å². The average Bonchev–Trinajstić information content (AvgIpc) is 2.85. The molecule has 1 saturated carbocycles. The van der Waals surface area contributed by atoms with Gasteiger partial charge in [0.15, 0.2) is 17.5 Å². The first-order valence-corrected chi connectivity index (χ1v) is 11.5. The maximum atomic E-state index is 14.9. The Morgan fingerprint density at radius 3 is 2.20 bits per heavy atom. The van der Waals surface area contributed by atoms with E-state index < -0.39 is 17.5 Å². The van der Waals surface area contributed by atoms with Crippen molar-refractivity contribution in [2.45, 2.75) is 44.6 Å². The van der Waals surface area contributed by atoms with E-state index in [4.69, 9.17) is 9.47 Å². The Hall–Kier alpha value is -3.25. The molecule has 188 valence electrons. The van der Waals surface area contributed by atoms with Gasteiger partial charge in [0.05, 0.1) is 19.8 Å². The van der Waals surface area contributed by atoms with Gasteiger partial charge in [-0.15, -0.1) is 6.58 Å². The molecule has 35 heavy (non-hydrogen) atoms. The summed E-state index contributed by atoms with van der Waals surface area (Å²) in [4.78, 5) is 0. The second kappa shape index (κ2) is 13.6. The SMILES string of the molecule is C=C(/C=C(/F)C(=C)OC)COC1CCC(c2ccc(-c3ccc(O)cc3)c(F)c2F)CC1.C=CC. The minimum atomic E-state index is -0.880. The van der Waals surface area contributed by atoms with Crippen LogP contribution in [-0.2, 0) is 9.47 Å². The highest BCUT2D eigenvalue weighted by Crippen LogP contribution is 2.38. The Labute approximate surface area is 205 Å². The lowest BCUT2D eigenvalue weighted by Gasteiger charge is -2.29. The summed E-state index contributed by atoms with van der Waals surface area (Å²) >= 11 is 0. The van der Waals surface area contributed by atoms with E-state index in [0.29, 0.717) is 42.4 Å². The number of phenols is 1. The van der Waals surface area contributed by atoms with Gasteiger partial charge in [-0.05, 0) is 73.4 Å². The predicted molar refractivity (Wildman–Crippen MR) is 135 cm³/mol. The average molecular weight is 487 g/mol. The Bertz CT molecular complexity index is 1050. The smallest absolute Gasteiger partial charge is 0.166 e. The molecule has 0 unspecified atom stereocenters. The van der Waals surface area contributed by atoms with Crippen molar-refractivity contribution in [3.63, 3.8) is 0 Å². The normalized spacial score (nSPS) is 17.7. The molecule has 0 atom stereocenters. The fraction of sp³-hybridized carbons (Fsp3) is 0.310. The van der Waals surface area contributed by atoms with E-state index in [1.165, 1.54) is 25.3 Å². The third-order valence-corrected chi connectivity index (χ3v) is 5.75. The lowest BCUT2D eigenvalue weighted by molar-refractivity contribution is 0.0393. The first kappa shape index (κ1) is 28.0. The van der Waals surface area contributed by atoms with Gasteiger partial charge in [-0.3, -0.25) is 0 Å². The van der Waals surface area contributed by atoms with Gasteiger partial charge in [-0.2, -0.15) is 0 Å². The van der Waals surface area contributed by atoms with Gasteiger partial charge in [0.25, 0.3) is 0 Å². The van der Waals surface area contributed by atoms with Crippen molar-refractivity contribution >= 4 is 0 Å². The molecule has 6 heteroatoms. The van der Waals surface area contributed by atoms with E-state index in [1.54, 1.807) is 30.3 Å². The molecule has 0 aliphatic heterocycles. The zero-order valence-electron chi connectivity index (χ0n) is 20.3. The van der Waals surface area contributed by atoms with Crippen molar-refractivity contribution in [1.82, 2.24) is 0 Å². The van der Waals surface area contributed by atoms with Crippen LogP contribution in [0.5, 0.6) is 5.75 Å². The number of ether oxygens (including phenoxy) is 2. The van der Waals surface area contributed by atoms with Crippen LogP contribution in [0.2, 0.25) is 0 Å². The van der Waals surface area contributed by atoms with E-state index >= 15 is 0 Å². The van der Waals surface area contributed by atoms with Crippen molar-refractivity contribution < 1.29 is 27.8 Å². The molecule has 1 aliphatic carbocycles. The summed E-state index contributed by atoms with van der Waals surface area (Å²) in [6.45, 7) is 12.6. The van der Waals surface area contributed by atoms with Gasteiger partial charge in [0.1, 0.15) is 11.5 Å². The fourth-order valence-corrected chi connectivity index (χ4v) is 3.91. The maximum absolute atomic E-state index is 14.9. The quantitative estimate of drug-likeness (QED) is 0.232. The lowest BCUT2D eigenvalue weighted by Crippen LogP contribution is -2.22. The summed E-state index contributed by atoms with van der Waals surface area (Å²) in [6.07, 6.45) is 5.64. The molecule has 1 aliphatic rings. The van der Waals surface area contributed by atoms with Gasteiger partial charge < -0.3 is 14.6 Å². The van der Waals surface area contributed by atoms with Crippen LogP contribution in [0.25, 0.3) is 11.1 Å². The Morgan fingerprint density at radius 1 is 1.03 bits per heavy atom. The number of benzene rings is 2. The first-order valence-electron chi connectivity index (χ1n) is 11.5. The van der Waals surface area contributed by atoms with Gasteiger partial charge in [0.2, 0.25) is 0 Å². The van der Waals surface area contributed by atoms with E-state index in [9.17, 15) is 18.3 Å². The number of phenolic OH excluding ortho intramolecular Hbond substituents is 1. The number of methoxy groups -OCH3 is 1. The minimum Gasteiger partial charge on any atom is -0.508 e. The van der Waals surface area contributed by atoms with E-state index in [-0.39, 0.29) is 35.7 Å². The number of allylic oxidation sites excluding steroid dienone is 2. The number of aromatic hydroxyl groups is 1. The molecular weight excluding hydrogens is 453 g/mol. The number of hydrogen-bond acceptors (Lipinski definition) is 3. The van der Waals surface area contributed by atoms with Crippen molar-refractivity contribution in [2.24, 2.45) is 0 Å². The number of halogens is 3. The van der Waals surface area contributed by atoms with Crippen molar-refractivity contribution in [1.29, 1.82) is 0 Å². The highest BCUT2D eigenvalue weighted by atomic mass is 19.2. The minimum absolute atomic E-state index is 0.0470. The molecular formula is C29H33F3O3. The molecule has 2 aromatic rings. The Kier molecular flexibility index (Phi) is 10.9. The van der Waals surface area contributed by atoms with Crippen LogP contribution >= 0.6 is 0 Å². The van der Waals surface area contributed by atoms with Crippen LogP contribution in [0, 0.1) is 11.6 Å². The molecule has 0 spiro atoms. The third kappa shape index (κ3) is 7.89. The largest absolute Gasteiger partial charge is 0.508 e. The van der Waals surface area contributed by atoms with Crippen LogP contribution in [0.4, 0.5) is 13.2 Å². The zero-order valence-corrected chi connectivity index (χ0v) is 20.3. The molecule has 0 radical (unpaired) electrons. The third-order valence-electron chi connectivity index (χ3n) is 5.75. The molecule has 0 heterocycles. The highest BCUT2D eigenvalue weighted by Gasteiger charge is 2.27. The van der Waals surface area contributed by atoms with Crippen molar-refractivity contribution in [3.05, 3.63) is 103 Å². The molecule has 3 rings (SSSR count). The monoisotopic (exact) mass is 486 g/mol. The summed E-state index contributed by atoms with van der Waals surface area (Å²) in [5.74, 6) is -2.41. The van der Waals surface area contributed by atoms with Gasteiger partial charge in [0, 0.05) is 5.56 Å². The molecule has 0 amide bonds. The second-order valence-corrected chi connectivity index (χ2v) is 8.35. The summed E-state index contributed by atoms with van der Waals surface area (Å²) in [7, 11) is 1.34. The zero-order chi connectivity index (χ0) is 26.0. The van der Waals surface area contributed by atoms with Crippen LogP contribution < -0.4 is 0 Å². The molecule has 3 nitrogen and oxygen atoms in total. The van der Waals surface area contributed by atoms with Crippen LogP contribution in [0.1, 0.15) is 44.1 Å².